The van der Waals surface area contributed by atoms with E-state index in [0.29, 0.717) is 43.4 Å². The van der Waals surface area contributed by atoms with Crippen molar-refractivity contribution in [1.29, 1.82) is 0 Å². The number of nitrogens with one attached hydrogen (secondary N) is 1. The fourth-order valence-electron chi connectivity index (χ4n) is 13.4. The molecule has 2 heterocycles. The molecule has 0 radical (unpaired) electrons. The average molecular weight is 701 g/mol. The Morgan fingerprint density at radius 3 is 2.52 bits per heavy atom. The molecule has 2 aliphatic heterocycles. The molecule has 7 rings (SSSR count). The van der Waals surface area contributed by atoms with Gasteiger partial charge in [-0.05, 0) is 150 Å². The topological polar surface area (TPSA) is 166 Å². The summed E-state index contributed by atoms with van der Waals surface area (Å²) in [4.78, 5) is 14.2. The summed E-state index contributed by atoms with van der Waals surface area (Å²) in [7, 11) is 0. The predicted octanol–water partition coefficient (Wildman–Crippen LogP) is 4.36. The van der Waals surface area contributed by atoms with Crippen molar-refractivity contribution < 1.29 is 35.1 Å². The Morgan fingerprint density at radius 1 is 1.04 bits per heavy atom. The van der Waals surface area contributed by atoms with Crippen LogP contribution in [-0.2, 0) is 9.53 Å². The molecule has 4 saturated carbocycles. The molecule has 17 unspecified atom stereocenters. The van der Waals surface area contributed by atoms with Crippen molar-refractivity contribution >= 4 is 5.78 Å². The minimum atomic E-state index is -1.50. The van der Waals surface area contributed by atoms with Gasteiger partial charge in [-0.3, -0.25) is 4.79 Å². The van der Waals surface area contributed by atoms with Gasteiger partial charge in [0, 0.05) is 11.3 Å². The zero-order chi connectivity index (χ0) is 35.8. The maximum atomic E-state index is 14.2. The zero-order valence-corrected chi connectivity index (χ0v) is 31.2. The van der Waals surface area contributed by atoms with E-state index in [2.05, 4.69) is 26.1 Å². The summed E-state index contributed by atoms with van der Waals surface area (Å²) in [5, 5.41) is 62.9. The first-order valence-corrected chi connectivity index (χ1v) is 20.6. The van der Waals surface area contributed by atoms with Crippen LogP contribution in [0.5, 0.6) is 0 Å². The first-order valence-electron chi connectivity index (χ1n) is 20.6. The molecule has 0 aromatic carbocycles. The second-order valence-electron chi connectivity index (χ2n) is 19.0. The summed E-state index contributed by atoms with van der Waals surface area (Å²) in [6, 6.07) is 0. The quantitative estimate of drug-likeness (QED) is 0.185. The number of piperidine rings is 1. The minimum Gasteiger partial charge on any atom is -0.390 e. The second-order valence-corrected chi connectivity index (χ2v) is 19.0. The molecular weight excluding hydrogens is 632 g/mol. The summed E-state index contributed by atoms with van der Waals surface area (Å²) in [6.07, 6.45) is 11.9. The lowest BCUT2D eigenvalue weighted by atomic mass is 9.44. The molecule has 0 aromatic heterocycles. The summed E-state index contributed by atoms with van der Waals surface area (Å²) in [5.74, 6) is 0.718. The highest BCUT2D eigenvalue weighted by molar-refractivity contribution is 5.95. The number of hydrogen-bond donors (Lipinski definition) is 7. The van der Waals surface area contributed by atoms with Gasteiger partial charge in [0.05, 0.1) is 41.8 Å². The van der Waals surface area contributed by atoms with Crippen molar-refractivity contribution in [3.05, 3.63) is 11.6 Å². The van der Waals surface area contributed by atoms with Gasteiger partial charge < -0.3 is 41.3 Å². The Balaban J connectivity index is 1.13. The molecule has 284 valence electrons. The molecule has 2 saturated heterocycles. The number of aliphatic hydroxyl groups excluding tert-OH is 3. The van der Waals surface area contributed by atoms with Crippen LogP contribution in [0.3, 0.4) is 0 Å². The fourth-order valence-corrected chi connectivity index (χ4v) is 13.4. The predicted molar refractivity (Wildman–Crippen MR) is 192 cm³/mol. The number of carbonyl (C=O) groups is 1. The summed E-state index contributed by atoms with van der Waals surface area (Å²) in [5.41, 5.74) is 2.75. The van der Waals surface area contributed by atoms with E-state index in [1.807, 2.05) is 0 Å². The molecule has 5 aliphatic carbocycles. The molecule has 6 fully saturated rings. The number of aliphatic hydroxyl groups is 5. The van der Waals surface area contributed by atoms with Crippen molar-refractivity contribution in [1.82, 2.24) is 5.32 Å². The molecule has 9 nitrogen and oxygen atoms in total. The SMILES string of the molecule is CCCCC1CCC2OC(C(O)C(C)(O)C3CCC4(O)C5=CC(=O)C6CC(O)C(O)CC6(CCC6CCC(N)NC6)C5CCC34C)C(C)C2C1. The van der Waals surface area contributed by atoms with Gasteiger partial charge in [-0.2, -0.15) is 0 Å². The zero-order valence-electron chi connectivity index (χ0n) is 31.2. The number of ether oxygens (including phenoxy) is 1. The van der Waals surface area contributed by atoms with E-state index < -0.39 is 58.3 Å². The first-order chi connectivity index (χ1) is 23.7. The highest BCUT2D eigenvalue weighted by Gasteiger charge is 2.70. The Labute approximate surface area is 300 Å². The van der Waals surface area contributed by atoms with Crippen LogP contribution in [0, 0.1) is 52.3 Å². The minimum absolute atomic E-state index is 0.0152. The van der Waals surface area contributed by atoms with Crippen LogP contribution < -0.4 is 11.1 Å². The number of fused-ring (bicyclic) bond motifs is 6. The largest absolute Gasteiger partial charge is 0.390 e. The Hall–Kier alpha value is -0.910. The van der Waals surface area contributed by atoms with E-state index in [9.17, 15) is 30.3 Å². The first kappa shape index (κ1) is 37.4. The third kappa shape index (κ3) is 5.91. The number of ketones is 1. The van der Waals surface area contributed by atoms with Crippen LogP contribution in [0.1, 0.15) is 130 Å². The van der Waals surface area contributed by atoms with E-state index in [0.717, 1.165) is 57.1 Å². The van der Waals surface area contributed by atoms with E-state index in [1.54, 1.807) is 13.0 Å². The van der Waals surface area contributed by atoms with Crippen molar-refractivity contribution in [2.45, 2.75) is 178 Å². The maximum absolute atomic E-state index is 14.2. The van der Waals surface area contributed by atoms with Crippen LogP contribution >= 0.6 is 0 Å². The van der Waals surface area contributed by atoms with Gasteiger partial charge in [-0.1, -0.05) is 40.0 Å². The highest BCUT2D eigenvalue weighted by Crippen LogP contribution is 2.70. The van der Waals surface area contributed by atoms with Gasteiger partial charge in [0.25, 0.3) is 0 Å². The third-order valence-corrected chi connectivity index (χ3v) is 16.5. The smallest absolute Gasteiger partial charge is 0.159 e. The Bertz CT molecular complexity index is 1280. The standard InChI is InChI=1S/C41H68N2O7/c1-5-6-7-24-8-10-33-26(18-24)23(2)36(50-33)37(47)39(4,48)34-14-17-41(49)28-19-30(44)29-20-31(45)32(46)21-40(29,27(28)13-15-38(34,41)3)16-12-25-9-11-35(42)43-22-25/h19,23-27,29,31-37,43,45-49H,5-18,20-22,42H2,1-4H3. The van der Waals surface area contributed by atoms with Gasteiger partial charge in [-0.25, -0.2) is 0 Å². The lowest BCUT2D eigenvalue weighted by molar-refractivity contribution is -0.199. The molecule has 0 amide bonds. The lowest BCUT2D eigenvalue weighted by Gasteiger charge is -2.62. The number of nitrogens with two attached hydrogens (primary N) is 1. The van der Waals surface area contributed by atoms with Crippen LogP contribution in [0.2, 0.25) is 0 Å². The van der Waals surface area contributed by atoms with Gasteiger partial charge in [0.15, 0.2) is 5.78 Å². The fraction of sp³-hybridized carbons (Fsp3) is 0.927. The summed E-state index contributed by atoms with van der Waals surface area (Å²) in [6.45, 7) is 9.10. The summed E-state index contributed by atoms with van der Waals surface area (Å²) >= 11 is 0. The van der Waals surface area contributed by atoms with Gasteiger partial charge in [0.1, 0.15) is 6.10 Å². The molecule has 0 bridgehead atoms. The maximum Gasteiger partial charge on any atom is 0.159 e. The number of unbranched alkanes of at least 4 members (excludes halogenated alkanes) is 1. The van der Waals surface area contributed by atoms with Crippen molar-refractivity contribution in [3.8, 4) is 0 Å². The van der Waals surface area contributed by atoms with E-state index in [4.69, 9.17) is 10.5 Å². The Kier molecular flexibility index (Phi) is 10.3. The molecule has 8 N–H and O–H groups in total. The Morgan fingerprint density at radius 2 is 1.80 bits per heavy atom. The molecule has 0 aromatic rings. The molecular formula is C41H68N2O7. The normalized spacial score (nSPS) is 50.8. The van der Waals surface area contributed by atoms with E-state index in [-0.39, 0.29) is 36.3 Å². The highest BCUT2D eigenvalue weighted by atomic mass is 16.5. The molecule has 17 atom stereocenters. The van der Waals surface area contributed by atoms with Crippen LogP contribution in [0.15, 0.2) is 11.6 Å². The van der Waals surface area contributed by atoms with Gasteiger partial charge >= 0.3 is 0 Å². The molecule has 9 heteroatoms. The molecule has 7 aliphatic rings. The monoisotopic (exact) mass is 701 g/mol. The van der Waals surface area contributed by atoms with Gasteiger partial charge in [-0.15, -0.1) is 0 Å². The third-order valence-electron chi connectivity index (χ3n) is 16.5. The average Bonchev–Trinajstić information content (AvgIpc) is 3.57. The number of rotatable bonds is 9. The number of allylic oxidation sites excluding steroid dienone is 1. The van der Waals surface area contributed by atoms with Gasteiger partial charge in [0.2, 0.25) is 0 Å². The molecule has 0 spiro atoms. The van der Waals surface area contributed by atoms with Crippen LogP contribution in [0.25, 0.3) is 0 Å². The van der Waals surface area contributed by atoms with Crippen LogP contribution in [-0.4, -0.2) is 85.7 Å². The molecule has 50 heavy (non-hydrogen) atoms. The van der Waals surface area contributed by atoms with Crippen molar-refractivity contribution in [2.75, 3.05) is 6.54 Å². The van der Waals surface area contributed by atoms with E-state index in [1.165, 1.54) is 25.7 Å². The van der Waals surface area contributed by atoms with Crippen molar-refractivity contribution in [3.63, 3.8) is 0 Å². The van der Waals surface area contributed by atoms with Crippen molar-refractivity contribution in [2.24, 2.45) is 58.0 Å². The summed E-state index contributed by atoms with van der Waals surface area (Å²) < 4.78 is 6.62. The second kappa shape index (κ2) is 13.7. The number of carbonyl (C=O) groups excluding carboxylic acids is 1. The number of hydrogen-bond acceptors (Lipinski definition) is 9. The van der Waals surface area contributed by atoms with Crippen LogP contribution in [0.4, 0.5) is 0 Å². The lowest BCUT2D eigenvalue weighted by Crippen LogP contribution is -2.64. The van der Waals surface area contributed by atoms with E-state index >= 15 is 0 Å².